The largest absolute Gasteiger partial charge is 0.453 e. The van der Waals surface area contributed by atoms with Crippen molar-refractivity contribution in [2.75, 3.05) is 0 Å². The van der Waals surface area contributed by atoms with Gasteiger partial charge in [0.25, 0.3) is 5.76 Å². The summed E-state index contributed by atoms with van der Waals surface area (Å²) in [6.45, 7) is 0. The van der Waals surface area contributed by atoms with E-state index in [1.165, 1.54) is 30.3 Å². The summed E-state index contributed by atoms with van der Waals surface area (Å²) in [6, 6.07) is 17.7. The topological polar surface area (TPSA) is 65.7 Å². The first kappa shape index (κ1) is 21.6. The Bertz CT molecular complexity index is 1360. The Balaban J connectivity index is 1.78. The van der Waals surface area contributed by atoms with E-state index < -0.39 is 34.7 Å². The summed E-state index contributed by atoms with van der Waals surface area (Å²) in [4.78, 5) is 25.1. The Kier molecular flexibility index (Phi) is 5.75. The SMILES string of the molecule is O=C(Oc1ccc2c(=O)c(Oc3ccccc3Br)c(C(F)(F)F)oc2c1)c1ccccc1. The first-order chi connectivity index (χ1) is 15.2. The lowest BCUT2D eigenvalue weighted by Crippen LogP contribution is -2.15. The van der Waals surface area contributed by atoms with Crippen LogP contribution in [0.3, 0.4) is 0 Å². The van der Waals surface area contributed by atoms with E-state index in [4.69, 9.17) is 13.9 Å². The fraction of sp³-hybridized carbons (Fsp3) is 0.0435. The van der Waals surface area contributed by atoms with E-state index >= 15 is 0 Å². The highest BCUT2D eigenvalue weighted by Gasteiger charge is 2.40. The molecule has 0 amide bonds. The van der Waals surface area contributed by atoms with Crippen LogP contribution in [0.4, 0.5) is 13.2 Å². The first-order valence-electron chi connectivity index (χ1n) is 9.11. The lowest BCUT2D eigenvalue weighted by Gasteiger charge is -2.14. The van der Waals surface area contributed by atoms with Crippen LogP contribution >= 0.6 is 15.9 Å². The third-order valence-electron chi connectivity index (χ3n) is 4.35. The van der Waals surface area contributed by atoms with Gasteiger partial charge in [-0.3, -0.25) is 4.79 Å². The van der Waals surface area contributed by atoms with Crippen LogP contribution in [0.2, 0.25) is 0 Å². The van der Waals surface area contributed by atoms with Crippen molar-refractivity contribution in [3.05, 3.63) is 98.8 Å². The molecule has 0 aliphatic rings. The number of benzene rings is 3. The third kappa shape index (κ3) is 4.38. The molecule has 0 radical (unpaired) electrons. The number of hydrogen-bond acceptors (Lipinski definition) is 5. The predicted molar refractivity (Wildman–Crippen MR) is 113 cm³/mol. The van der Waals surface area contributed by atoms with Gasteiger partial charge in [-0.25, -0.2) is 4.79 Å². The fourth-order valence-corrected chi connectivity index (χ4v) is 3.24. The molecule has 3 aromatic carbocycles. The molecule has 9 heteroatoms. The van der Waals surface area contributed by atoms with Crippen LogP contribution in [0.15, 0.2) is 86.5 Å². The van der Waals surface area contributed by atoms with Crippen LogP contribution in [0.5, 0.6) is 17.2 Å². The van der Waals surface area contributed by atoms with Gasteiger partial charge in [-0.1, -0.05) is 30.3 Å². The number of fused-ring (bicyclic) bond motifs is 1. The Morgan fingerprint density at radius 3 is 2.31 bits per heavy atom. The number of alkyl halides is 3. The van der Waals surface area contributed by atoms with Crippen LogP contribution in [-0.4, -0.2) is 5.97 Å². The van der Waals surface area contributed by atoms with E-state index in [1.54, 1.807) is 36.4 Å². The van der Waals surface area contributed by atoms with E-state index in [-0.39, 0.29) is 22.4 Å². The highest BCUT2D eigenvalue weighted by molar-refractivity contribution is 9.10. The minimum atomic E-state index is -5.01. The van der Waals surface area contributed by atoms with E-state index in [9.17, 15) is 22.8 Å². The highest BCUT2D eigenvalue weighted by Crippen LogP contribution is 2.39. The first-order valence-corrected chi connectivity index (χ1v) is 9.91. The van der Waals surface area contributed by atoms with Crippen molar-refractivity contribution in [3.8, 4) is 17.2 Å². The van der Waals surface area contributed by atoms with Crippen LogP contribution < -0.4 is 14.9 Å². The number of para-hydroxylation sites is 1. The van der Waals surface area contributed by atoms with Crippen LogP contribution in [0.1, 0.15) is 16.1 Å². The molecule has 1 aromatic heterocycles. The number of esters is 1. The molecular formula is C23H12BrF3O5. The van der Waals surface area contributed by atoms with Crippen molar-refractivity contribution in [1.82, 2.24) is 0 Å². The second kappa shape index (κ2) is 8.51. The van der Waals surface area contributed by atoms with E-state index in [2.05, 4.69) is 15.9 Å². The number of carbonyl (C=O) groups is 1. The molecule has 0 atom stereocenters. The summed E-state index contributed by atoms with van der Waals surface area (Å²) in [5.74, 6) is -3.37. The Morgan fingerprint density at radius 1 is 0.938 bits per heavy atom. The molecule has 0 N–H and O–H groups in total. The fourth-order valence-electron chi connectivity index (χ4n) is 2.88. The monoisotopic (exact) mass is 504 g/mol. The molecule has 32 heavy (non-hydrogen) atoms. The Labute approximate surface area is 187 Å². The minimum Gasteiger partial charge on any atom is -0.448 e. The van der Waals surface area contributed by atoms with Crippen molar-refractivity contribution < 1.29 is 31.9 Å². The standard InChI is InChI=1S/C23H12BrF3O5/c24-16-8-4-5-9-17(16)31-20-19(28)15-11-10-14(12-18(15)32-21(20)23(25,26)27)30-22(29)13-6-2-1-3-7-13/h1-12H. The van der Waals surface area contributed by atoms with E-state index in [1.807, 2.05) is 0 Å². The lowest BCUT2D eigenvalue weighted by atomic mass is 10.2. The maximum atomic E-state index is 13.7. The number of ether oxygens (including phenoxy) is 2. The molecule has 0 unspecified atom stereocenters. The molecule has 1 heterocycles. The lowest BCUT2D eigenvalue weighted by molar-refractivity contribution is -0.154. The number of carbonyl (C=O) groups excluding carboxylic acids is 1. The Hall–Kier alpha value is -3.59. The number of rotatable bonds is 4. The van der Waals surface area contributed by atoms with Crippen LogP contribution in [-0.2, 0) is 6.18 Å². The van der Waals surface area contributed by atoms with Gasteiger partial charge in [-0.15, -0.1) is 0 Å². The second-order valence-electron chi connectivity index (χ2n) is 6.53. The van der Waals surface area contributed by atoms with Crippen molar-refractivity contribution in [1.29, 1.82) is 0 Å². The zero-order chi connectivity index (χ0) is 22.9. The smallest absolute Gasteiger partial charge is 0.448 e. The van der Waals surface area contributed by atoms with Crippen molar-refractivity contribution in [2.45, 2.75) is 6.18 Å². The minimum absolute atomic E-state index is 0.0121. The molecule has 4 aromatic rings. The average molecular weight is 505 g/mol. The van der Waals surface area contributed by atoms with E-state index in [0.29, 0.717) is 4.47 Å². The predicted octanol–water partition coefficient (Wildman–Crippen LogP) is 6.59. The van der Waals surface area contributed by atoms with E-state index in [0.717, 1.165) is 6.07 Å². The van der Waals surface area contributed by atoms with Gasteiger partial charge in [0.15, 0.2) is 0 Å². The summed E-state index contributed by atoms with van der Waals surface area (Å²) < 4.78 is 56.9. The molecule has 162 valence electrons. The van der Waals surface area contributed by atoms with Crippen LogP contribution in [0.25, 0.3) is 11.0 Å². The maximum Gasteiger partial charge on any atom is 0.453 e. The molecule has 0 saturated heterocycles. The second-order valence-corrected chi connectivity index (χ2v) is 7.39. The maximum absolute atomic E-state index is 13.7. The van der Waals surface area contributed by atoms with Gasteiger partial charge in [0.1, 0.15) is 17.1 Å². The normalized spacial score (nSPS) is 11.4. The summed E-state index contributed by atoms with van der Waals surface area (Å²) in [5, 5.41) is -0.167. The molecular weight excluding hydrogens is 493 g/mol. The van der Waals surface area contributed by atoms with Gasteiger partial charge in [-0.05, 0) is 52.3 Å². The van der Waals surface area contributed by atoms with Gasteiger partial charge in [0.2, 0.25) is 11.2 Å². The van der Waals surface area contributed by atoms with Gasteiger partial charge in [-0.2, -0.15) is 13.2 Å². The highest BCUT2D eigenvalue weighted by atomic mass is 79.9. The van der Waals surface area contributed by atoms with Gasteiger partial charge in [0, 0.05) is 6.07 Å². The zero-order valence-corrected chi connectivity index (χ0v) is 17.6. The molecule has 5 nitrogen and oxygen atoms in total. The van der Waals surface area contributed by atoms with Gasteiger partial charge in [0.05, 0.1) is 15.4 Å². The number of hydrogen-bond donors (Lipinski definition) is 0. The third-order valence-corrected chi connectivity index (χ3v) is 5.00. The zero-order valence-electron chi connectivity index (χ0n) is 16.0. The summed E-state index contributed by atoms with van der Waals surface area (Å²) >= 11 is 3.17. The number of halogens is 4. The molecule has 0 spiro atoms. The quantitative estimate of drug-likeness (QED) is 0.232. The molecule has 0 bridgehead atoms. The molecule has 0 aliphatic heterocycles. The van der Waals surface area contributed by atoms with Crippen molar-refractivity contribution in [3.63, 3.8) is 0 Å². The summed E-state index contributed by atoms with van der Waals surface area (Å²) in [6.07, 6.45) is -5.01. The summed E-state index contributed by atoms with van der Waals surface area (Å²) in [5.41, 5.74) is -1.17. The van der Waals surface area contributed by atoms with Gasteiger partial charge < -0.3 is 13.9 Å². The van der Waals surface area contributed by atoms with Crippen molar-refractivity contribution >= 4 is 32.9 Å². The summed E-state index contributed by atoms with van der Waals surface area (Å²) in [7, 11) is 0. The average Bonchev–Trinajstić information content (AvgIpc) is 2.76. The molecule has 0 saturated carbocycles. The molecule has 0 aliphatic carbocycles. The molecule has 4 rings (SSSR count). The van der Waals surface area contributed by atoms with Crippen LogP contribution in [0, 0.1) is 0 Å². The molecule has 0 fully saturated rings. The van der Waals surface area contributed by atoms with Crippen molar-refractivity contribution in [2.24, 2.45) is 0 Å². The Morgan fingerprint density at radius 2 is 1.62 bits per heavy atom. The van der Waals surface area contributed by atoms with Gasteiger partial charge >= 0.3 is 12.1 Å².